The van der Waals surface area contributed by atoms with Gasteiger partial charge in [0.25, 0.3) is 0 Å². The fourth-order valence-electron chi connectivity index (χ4n) is 1.62. The van der Waals surface area contributed by atoms with E-state index in [9.17, 15) is 4.79 Å². The number of rotatable bonds is 3. The van der Waals surface area contributed by atoms with E-state index < -0.39 is 0 Å². The molecule has 0 amide bonds. The van der Waals surface area contributed by atoms with E-state index in [1.807, 2.05) is 20.2 Å². The van der Waals surface area contributed by atoms with Crippen molar-refractivity contribution in [2.75, 3.05) is 0 Å². The minimum Gasteiger partial charge on any atom is -0.294 e. The van der Waals surface area contributed by atoms with Gasteiger partial charge in [-0.25, -0.2) is 0 Å². The Morgan fingerprint density at radius 1 is 1.50 bits per heavy atom. The molecule has 4 heteroatoms. The first-order valence-electron chi connectivity index (χ1n) is 5.09. The molecule has 82 valence electrons. The number of aromatic nitrogens is 3. The van der Waals surface area contributed by atoms with Gasteiger partial charge >= 0.3 is 0 Å². The second kappa shape index (κ2) is 4.26. The zero-order valence-electron chi connectivity index (χ0n) is 9.34. The fourth-order valence-corrected chi connectivity index (χ4v) is 1.62. The van der Waals surface area contributed by atoms with Gasteiger partial charge in [0.05, 0.1) is 6.20 Å². The van der Waals surface area contributed by atoms with Crippen LogP contribution in [0.5, 0.6) is 0 Å². The van der Waals surface area contributed by atoms with Gasteiger partial charge in [-0.05, 0) is 24.6 Å². The summed E-state index contributed by atoms with van der Waals surface area (Å²) in [7, 11) is 1.84. The first kappa shape index (κ1) is 10.5. The average molecular weight is 215 g/mol. The van der Waals surface area contributed by atoms with Crippen LogP contribution in [0.15, 0.2) is 30.7 Å². The van der Waals surface area contributed by atoms with Crippen LogP contribution in [0, 0.1) is 6.92 Å². The van der Waals surface area contributed by atoms with Gasteiger partial charge in [-0.1, -0.05) is 0 Å². The van der Waals surface area contributed by atoms with Gasteiger partial charge in [0, 0.05) is 37.1 Å². The first-order valence-corrected chi connectivity index (χ1v) is 5.09. The third-order valence-electron chi connectivity index (χ3n) is 2.43. The summed E-state index contributed by atoms with van der Waals surface area (Å²) in [6, 6.07) is 3.59. The number of aryl methyl sites for hydroxylation is 2. The zero-order chi connectivity index (χ0) is 11.5. The lowest BCUT2D eigenvalue weighted by molar-refractivity contribution is 0.0992. The van der Waals surface area contributed by atoms with E-state index in [1.54, 1.807) is 29.2 Å². The summed E-state index contributed by atoms with van der Waals surface area (Å²) in [4.78, 5) is 16.1. The molecule has 0 saturated carbocycles. The van der Waals surface area contributed by atoms with Gasteiger partial charge in [0.1, 0.15) is 0 Å². The molecule has 2 aromatic rings. The Hall–Kier alpha value is -1.97. The Labute approximate surface area is 93.9 Å². The lowest BCUT2D eigenvalue weighted by Gasteiger charge is -2.01. The molecule has 0 saturated heterocycles. The highest BCUT2D eigenvalue weighted by Crippen LogP contribution is 2.09. The lowest BCUT2D eigenvalue weighted by Crippen LogP contribution is -2.06. The van der Waals surface area contributed by atoms with Gasteiger partial charge in [-0.15, -0.1) is 0 Å². The predicted molar refractivity (Wildman–Crippen MR) is 60.2 cm³/mol. The SMILES string of the molecule is Cc1ncccc1C(=O)Cc1cnn(C)c1. The molecule has 0 aliphatic carbocycles. The Morgan fingerprint density at radius 3 is 2.94 bits per heavy atom. The fraction of sp³-hybridized carbons (Fsp3) is 0.250. The molecule has 2 heterocycles. The van der Waals surface area contributed by atoms with Crippen molar-refractivity contribution in [2.24, 2.45) is 7.05 Å². The standard InChI is InChI=1S/C12H13N3O/c1-9-11(4-3-5-13-9)12(16)6-10-7-14-15(2)8-10/h3-5,7-8H,6H2,1-2H3. The number of hydrogen-bond donors (Lipinski definition) is 0. The quantitative estimate of drug-likeness (QED) is 0.730. The van der Waals surface area contributed by atoms with Crippen LogP contribution < -0.4 is 0 Å². The van der Waals surface area contributed by atoms with Crippen LogP contribution in [0.4, 0.5) is 0 Å². The molecule has 0 unspecified atom stereocenters. The number of hydrogen-bond acceptors (Lipinski definition) is 3. The van der Waals surface area contributed by atoms with Crippen molar-refractivity contribution in [3.05, 3.63) is 47.5 Å². The van der Waals surface area contributed by atoms with E-state index in [0.29, 0.717) is 12.0 Å². The van der Waals surface area contributed by atoms with Crippen LogP contribution in [0.2, 0.25) is 0 Å². The number of Topliss-reactive ketones (excluding diaryl/α,β-unsaturated/α-hetero) is 1. The minimum absolute atomic E-state index is 0.0820. The summed E-state index contributed by atoms with van der Waals surface area (Å²) < 4.78 is 1.69. The van der Waals surface area contributed by atoms with Crippen LogP contribution in [0.25, 0.3) is 0 Å². The number of pyridine rings is 1. The Morgan fingerprint density at radius 2 is 2.31 bits per heavy atom. The molecule has 0 radical (unpaired) electrons. The third kappa shape index (κ3) is 2.16. The highest BCUT2D eigenvalue weighted by molar-refractivity contribution is 5.98. The highest BCUT2D eigenvalue weighted by Gasteiger charge is 2.10. The molecule has 0 fully saturated rings. The van der Waals surface area contributed by atoms with E-state index in [0.717, 1.165) is 11.3 Å². The summed E-state index contributed by atoms with van der Waals surface area (Å²) in [5, 5.41) is 4.03. The van der Waals surface area contributed by atoms with Crippen molar-refractivity contribution >= 4 is 5.78 Å². The van der Waals surface area contributed by atoms with Crippen molar-refractivity contribution in [3.63, 3.8) is 0 Å². The molecule has 0 aliphatic rings. The zero-order valence-corrected chi connectivity index (χ0v) is 9.34. The Kier molecular flexibility index (Phi) is 2.81. The van der Waals surface area contributed by atoms with E-state index in [2.05, 4.69) is 10.1 Å². The molecule has 0 N–H and O–H groups in total. The molecule has 0 atom stereocenters. The molecule has 2 aromatic heterocycles. The monoisotopic (exact) mass is 215 g/mol. The summed E-state index contributed by atoms with van der Waals surface area (Å²) in [6.45, 7) is 1.84. The van der Waals surface area contributed by atoms with Crippen LogP contribution in [-0.4, -0.2) is 20.5 Å². The number of carbonyl (C=O) groups is 1. The summed E-state index contributed by atoms with van der Waals surface area (Å²) in [5.74, 6) is 0.0820. The first-order chi connectivity index (χ1) is 7.66. The van der Waals surface area contributed by atoms with Crippen LogP contribution in [0.3, 0.4) is 0 Å². The van der Waals surface area contributed by atoms with E-state index in [1.165, 1.54) is 0 Å². The van der Waals surface area contributed by atoms with Crippen molar-refractivity contribution in [2.45, 2.75) is 13.3 Å². The van der Waals surface area contributed by atoms with Crippen molar-refractivity contribution in [1.29, 1.82) is 0 Å². The van der Waals surface area contributed by atoms with Gasteiger partial charge in [0.2, 0.25) is 0 Å². The molecule has 0 spiro atoms. The largest absolute Gasteiger partial charge is 0.294 e. The normalized spacial score (nSPS) is 10.4. The van der Waals surface area contributed by atoms with Crippen molar-refractivity contribution < 1.29 is 4.79 Å². The number of ketones is 1. The molecule has 0 bridgehead atoms. The maximum Gasteiger partial charge on any atom is 0.169 e. The molecule has 2 rings (SSSR count). The van der Waals surface area contributed by atoms with Crippen LogP contribution in [0.1, 0.15) is 21.6 Å². The molecule has 16 heavy (non-hydrogen) atoms. The summed E-state index contributed by atoms with van der Waals surface area (Å²) >= 11 is 0. The summed E-state index contributed by atoms with van der Waals surface area (Å²) in [5.41, 5.74) is 2.39. The Balaban J connectivity index is 2.18. The smallest absolute Gasteiger partial charge is 0.169 e. The van der Waals surface area contributed by atoms with Gasteiger partial charge < -0.3 is 0 Å². The van der Waals surface area contributed by atoms with Gasteiger partial charge in [0.15, 0.2) is 5.78 Å². The molecule has 0 aliphatic heterocycles. The van der Waals surface area contributed by atoms with Gasteiger partial charge in [-0.3, -0.25) is 14.5 Å². The van der Waals surface area contributed by atoms with E-state index in [-0.39, 0.29) is 5.78 Å². The topological polar surface area (TPSA) is 47.8 Å². The summed E-state index contributed by atoms with van der Waals surface area (Å²) in [6.07, 6.45) is 5.63. The van der Waals surface area contributed by atoms with Crippen molar-refractivity contribution in [1.82, 2.24) is 14.8 Å². The van der Waals surface area contributed by atoms with E-state index >= 15 is 0 Å². The molecular formula is C12H13N3O. The third-order valence-corrected chi connectivity index (χ3v) is 2.43. The minimum atomic E-state index is 0.0820. The van der Waals surface area contributed by atoms with E-state index in [4.69, 9.17) is 0 Å². The van der Waals surface area contributed by atoms with Gasteiger partial charge in [-0.2, -0.15) is 5.10 Å². The number of nitrogens with zero attached hydrogens (tertiary/aromatic N) is 3. The second-order valence-corrected chi connectivity index (χ2v) is 3.76. The predicted octanol–water partition coefficient (Wildman–Crippen LogP) is 1.55. The molecule has 0 aromatic carbocycles. The maximum atomic E-state index is 12.0. The Bertz CT molecular complexity index is 516. The number of carbonyl (C=O) groups excluding carboxylic acids is 1. The van der Waals surface area contributed by atoms with Crippen molar-refractivity contribution in [3.8, 4) is 0 Å². The molecular weight excluding hydrogens is 202 g/mol. The molecule has 4 nitrogen and oxygen atoms in total. The van der Waals surface area contributed by atoms with Crippen LogP contribution >= 0.6 is 0 Å². The van der Waals surface area contributed by atoms with Crippen LogP contribution in [-0.2, 0) is 13.5 Å². The lowest BCUT2D eigenvalue weighted by atomic mass is 10.0. The maximum absolute atomic E-state index is 12.0. The highest BCUT2D eigenvalue weighted by atomic mass is 16.1. The average Bonchev–Trinajstić information content (AvgIpc) is 2.64. The second-order valence-electron chi connectivity index (χ2n) is 3.76.